The molecule has 1 rings (SSSR count). The van der Waals surface area contributed by atoms with Crippen molar-refractivity contribution in [1.82, 2.24) is 9.78 Å². The molecule has 0 unspecified atom stereocenters. The maximum absolute atomic E-state index is 12.0. The summed E-state index contributed by atoms with van der Waals surface area (Å²) in [6.45, 7) is -0.0641. The molecule has 77 valence electrons. The molecule has 14 heavy (non-hydrogen) atoms. The molecule has 0 fully saturated rings. The Bertz CT molecular complexity index is 331. The number of rotatable bonds is 3. The van der Waals surface area contributed by atoms with E-state index in [4.69, 9.17) is 5.73 Å². The van der Waals surface area contributed by atoms with E-state index in [1.165, 1.54) is 0 Å². The maximum atomic E-state index is 12.0. The molecule has 0 aliphatic rings. The largest absolute Gasteiger partial charge is 0.435 e. The summed E-state index contributed by atoms with van der Waals surface area (Å²) in [6.07, 6.45) is -2.30. The van der Waals surface area contributed by atoms with Crippen LogP contribution >= 0.6 is 0 Å². The lowest BCUT2D eigenvalue weighted by Crippen LogP contribution is -2.15. The molecule has 1 heterocycles. The third kappa shape index (κ3) is 2.75. The number of nitrogens with two attached hydrogens (primary N) is 1. The van der Waals surface area contributed by atoms with Crippen molar-refractivity contribution in [2.24, 2.45) is 5.73 Å². The fourth-order valence-electron chi connectivity index (χ4n) is 0.798. The van der Waals surface area contributed by atoms with Gasteiger partial charge in [0.1, 0.15) is 0 Å². The van der Waals surface area contributed by atoms with Crippen molar-refractivity contribution in [3.05, 3.63) is 24.4 Å². The summed E-state index contributed by atoms with van der Waals surface area (Å²) in [6, 6.07) is 0.828. The Balaban J connectivity index is 2.64. The van der Waals surface area contributed by atoms with Crippen molar-refractivity contribution in [2.75, 3.05) is 0 Å². The van der Waals surface area contributed by atoms with Crippen LogP contribution in [0.3, 0.4) is 0 Å². The van der Waals surface area contributed by atoms with E-state index < -0.39 is 17.8 Å². The van der Waals surface area contributed by atoms with E-state index in [1.54, 1.807) is 0 Å². The highest BCUT2D eigenvalue weighted by Gasteiger charge is 2.33. The molecule has 7 heteroatoms. The van der Waals surface area contributed by atoms with Gasteiger partial charge in [0, 0.05) is 6.20 Å². The average Bonchev–Trinajstić information content (AvgIpc) is 2.47. The zero-order chi connectivity index (χ0) is 10.8. The van der Waals surface area contributed by atoms with Gasteiger partial charge < -0.3 is 5.73 Å². The monoisotopic (exact) mass is 206 g/mol. The number of carbonyl (C=O) groups is 1. The van der Waals surface area contributed by atoms with E-state index in [-0.39, 0.29) is 6.54 Å². The van der Waals surface area contributed by atoms with Gasteiger partial charge in [-0.25, -0.2) is 0 Å². The normalized spacial score (nSPS) is 11.6. The number of hydrogen-bond donors (Lipinski definition) is 1. The number of amides is 1. The van der Waals surface area contributed by atoms with Crippen molar-refractivity contribution in [1.29, 1.82) is 0 Å². The first-order valence-corrected chi connectivity index (χ1v) is 3.63. The molecular weight excluding hydrogens is 199 g/mol. The highest BCUT2D eigenvalue weighted by molar-refractivity contribution is 5.82. The van der Waals surface area contributed by atoms with Crippen LogP contribution in [0.5, 0.6) is 0 Å². The lowest BCUT2D eigenvalue weighted by molar-refractivity contribution is -0.141. The minimum atomic E-state index is -4.46. The molecule has 1 aromatic heterocycles. The first-order chi connectivity index (χ1) is 6.39. The summed E-state index contributed by atoms with van der Waals surface area (Å²) >= 11 is 0. The number of alkyl halides is 3. The average molecular weight is 206 g/mol. The first kappa shape index (κ1) is 10.6. The Morgan fingerprint density at radius 2 is 2.29 bits per heavy atom. The van der Waals surface area contributed by atoms with Crippen LogP contribution in [0.15, 0.2) is 12.3 Å². The van der Waals surface area contributed by atoms with Gasteiger partial charge in [-0.2, -0.15) is 18.3 Å². The molecule has 0 aliphatic heterocycles. The molecule has 0 saturated carbocycles. The predicted octanol–water partition coefficient (Wildman–Crippen LogP) is 0.591. The molecule has 0 spiro atoms. The zero-order valence-electron chi connectivity index (χ0n) is 6.95. The summed E-state index contributed by atoms with van der Waals surface area (Å²) in [5.74, 6) is -0.700. The van der Waals surface area contributed by atoms with Crippen LogP contribution in [0.1, 0.15) is 5.69 Å². The highest BCUT2D eigenvalue weighted by atomic mass is 19.4. The van der Waals surface area contributed by atoms with Crippen LogP contribution < -0.4 is 5.73 Å². The van der Waals surface area contributed by atoms with Crippen LogP contribution in [-0.2, 0) is 17.5 Å². The lowest BCUT2D eigenvalue weighted by atomic mass is 10.4. The van der Waals surface area contributed by atoms with E-state index >= 15 is 0 Å². The first-order valence-electron chi connectivity index (χ1n) is 3.63. The van der Waals surface area contributed by atoms with Crippen molar-refractivity contribution in [2.45, 2.75) is 12.7 Å². The van der Waals surface area contributed by atoms with Gasteiger partial charge in [-0.15, -0.1) is 0 Å². The number of nitrogens with zero attached hydrogens (tertiary/aromatic N) is 2. The van der Waals surface area contributed by atoms with Crippen LogP contribution in [0.4, 0.5) is 13.2 Å². The van der Waals surface area contributed by atoms with Gasteiger partial charge in [-0.05, 0) is 6.07 Å². The minimum absolute atomic E-state index is 0.0641. The van der Waals surface area contributed by atoms with Gasteiger partial charge in [0.15, 0.2) is 5.69 Å². The third-order valence-corrected chi connectivity index (χ3v) is 1.41. The Labute approximate surface area is 77.5 Å². The van der Waals surface area contributed by atoms with E-state index in [9.17, 15) is 18.0 Å². The molecule has 0 bridgehead atoms. The Hall–Kier alpha value is -1.53. The summed E-state index contributed by atoms with van der Waals surface area (Å²) in [7, 11) is 0. The second-order valence-electron chi connectivity index (χ2n) is 2.53. The highest BCUT2D eigenvalue weighted by Crippen LogP contribution is 2.27. The number of hydrogen-bond acceptors (Lipinski definition) is 2. The SMILES string of the molecule is NC(=O)[CH]Cn1ccc(C(F)(F)F)n1. The lowest BCUT2D eigenvalue weighted by Gasteiger charge is -2.01. The van der Waals surface area contributed by atoms with Gasteiger partial charge in [0.25, 0.3) is 0 Å². The third-order valence-electron chi connectivity index (χ3n) is 1.41. The Morgan fingerprint density at radius 1 is 1.64 bits per heavy atom. The Kier molecular flexibility index (Phi) is 2.78. The predicted molar refractivity (Wildman–Crippen MR) is 40.7 cm³/mol. The van der Waals surface area contributed by atoms with Crippen LogP contribution in [-0.4, -0.2) is 15.7 Å². The summed E-state index contributed by atoms with van der Waals surface area (Å²) < 4.78 is 37.0. The molecule has 0 saturated heterocycles. The van der Waals surface area contributed by atoms with Crippen molar-refractivity contribution in [3.63, 3.8) is 0 Å². The van der Waals surface area contributed by atoms with Gasteiger partial charge in [0.05, 0.1) is 13.0 Å². The van der Waals surface area contributed by atoms with Gasteiger partial charge in [-0.3, -0.25) is 9.48 Å². The van der Waals surface area contributed by atoms with Crippen LogP contribution in [0, 0.1) is 6.42 Å². The van der Waals surface area contributed by atoms with E-state index in [2.05, 4.69) is 5.10 Å². The Morgan fingerprint density at radius 3 is 2.71 bits per heavy atom. The van der Waals surface area contributed by atoms with E-state index in [0.717, 1.165) is 23.4 Å². The molecule has 0 aromatic carbocycles. The molecule has 0 atom stereocenters. The van der Waals surface area contributed by atoms with Gasteiger partial charge >= 0.3 is 6.18 Å². The number of halogens is 3. The van der Waals surface area contributed by atoms with Crippen molar-refractivity contribution >= 4 is 5.91 Å². The fraction of sp³-hybridized carbons (Fsp3) is 0.286. The summed E-state index contributed by atoms with van der Waals surface area (Å²) in [4.78, 5) is 10.3. The van der Waals surface area contributed by atoms with Crippen LogP contribution in [0.25, 0.3) is 0 Å². The van der Waals surface area contributed by atoms with Crippen LogP contribution in [0.2, 0.25) is 0 Å². The second-order valence-corrected chi connectivity index (χ2v) is 2.53. The molecule has 1 radical (unpaired) electrons. The molecule has 2 N–H and O–H groups in total. The fourth-order valence-corrected chi connectivity index (χ4v) is 0.798. The zero-order valence-corrected chi connectivity index (χ0v) is 6.95. The quantitative estimate of drug-likeness (QED) is 0.786. The van der Waals surface area contributed by atoms with Crippen molar-refractivity contribution < 1.29 is 18.0 Å². The number of aromatic nitrogens is 2. The smallest absolute Gasteiger partial charge is 0.369 e. The summed E-state index contributed by atoms with van der Waals surface area (Å²) in [5.41, 5.74) is 3.78. The van der Waals surface area contributed by atoms with Gasteiger partial charge in [-0.1, -0.05) is 0 Å². The molecule has 1 aromatic rings. The minimum Gasteiger partial charge on any atom is -0.369 e. The molecule has 4 nitrogen and oxygen atoms in total. The second kappa shape index (κ2) is 3.69. The van der Waals surface area contributed by atoms with Crippen molar-refractivity contribution in [3.8, 4) is 0 Å². The van der Waals surface area contributed by atoms with E-state index in [1.807, 2.05) is 0 Å². The summed E-state index contributed by atoms with van der Waals surface area (Å²) in [5, 5.41) is 3.21. The van der Waals surface area contributed by atoms with Gasteiger partial charge in [0.2, 0.25) is 5.91 Å². The topological polar surface area (TPSA) is 60.9 Å². The molecule has 1 amide bonds. The maximum Gasteiger partial charge on any atom is 0.435 e. The molecule has 0 aliphatic carbocycles. The van der Waals surface area contributed by atoms with E-state index in [0.29, 0.717) is 0 Å². The number of primary amides is 1. The standard InChI is InChI=1S/C7H7F3N3O/c8-7(9,10)5-1-3-13(12-5)4-2-6(11)14/h1-3H,4H2,(H2,11,14). The molecular formula is C7H7F3N3O. The number of carbonyl (C=O) groups excluding carboxylic acids is 1.